The molecule has 0 aromatic carbocycles. The van der Waals surface area contributed by atoms with Crippen LogP contribution in [0.15, 0.2) is 6.20 Å². The molecule has 2 heterocycles. The number of anilines is 1. The van der Waals surface area contributed by atoms with Crippen molar-refractivity contribution in [2.75, 3.05) is 18.5 Å². The van der Waals surface area contributed by atoms with Crippen molar-refractivity contribution in [3.8, 4) is 12.3 Å². The Hall–Kier alpha value is -1.35. The average molecular weight is 254 g/mol. The normalized spacial score (nSPS) is 24.1. The van der Waals surface area contributed by atoms with E-state index < -0.39 is 6.10 Å². The fourth-order valence-corrected chi connectivity index (χ4v) is 1.74. The molecule has 0 aliphatic carbocycles. The molecule has 0 unspecified atom stereocenters. The molecule has 1 fully saturated rings. The van der Waals surface area contributed by atoms with E-state index >= 15 is 0 Å². The monoisotopic (exact) mass is 253 g/mol. The molecule has 5 nitrogen and oxygen atoms in total. The van der Waals surface area contributed by atoms with Gasteiger partial charge in [-0.25, -0.2) is 9.97 Å². The van der Waals surface area contributed by atoms with Crippen LogP contribution in [0.4, 0.5) is 5.95 Å². The van der Waals surface area contributed by atoms with Gasteiger partial charge in [-0.15, -0.1) is 6.42 Å². The van der Waals surface area contributed by atoms with Gasteiger partial charge in [-0.2, -0.15) is 0 Å². The number of aliphatic hydroxyl groups is 1. The van der Waals surface area contributed by atoms with Crippen molar-refractivity contribution in [2.45, 2.75) is 18.6 Å². The number of aliphatic hydroxyl groups excluding tert-OH is 1. The SMILES string of the molecule is C#Cc1nc(N[C@@H]2CCOC[C@H]2O)ncc1Cl. The van der Waals surface area contributed by atoms with Crippen molar-refractivity contribution in [2.24, 2.45) is 0 Å². The summed E-state index contributed by atoms with van der Waals surface area (Å²) in [6.45, 7) is 0.914. The molecule has 90 valence electrons. The number of ether oxygens (including phenoxy) is 1. The Morgan fingerprint density at radius 3 is 3.18 bits per heavy atom. The number of terminal acetylenes is 1. The molecule has 0 saturated carbocycles. The Morgan fingerprint density at radius 1 is 1.65 bits per heavy atom. The zero-order valence-electron chi connectivity index (χ0n) is 9.06. The van der Waals surface area contributed by atoms with Gasteiger partial charge in [0.1, 0.15) is 5.69 Å². The van der Waals surface area contributed by atoms with Crippen LogP contribution in [0, 0.1) is 12.3 Å². The van der Waals surface area contributed by atoms with Gasteiger partial charge in [0.2, 0.25) is 5.95 Å². The van der Waals surface area contributed by atoms with Gasteiger partial charge in [0, 0.05) is 6.61 Å². The van der Waals surface area contributed by atoms with Gasteiger partial charge in [0.05, 0.1) is 30.0 Å². The summed E-state index contributed by atoms with van der Waals surface area (Å²) in [6.07, 6.45) is 6.82. The molecule has 6 heteroatoms. The van der Waals surface area contributed by atoms with Crippen LogP contribution < -0.4 is 5.32 Å². The van der Waals surface area contributed by atoms with Crippen molar-refractivity contribution in [1.82, 2.24) is 9.97 Å². The third-order valence-electron chi connectivity index (χ3n) is 2.52. The number of nitrogens with one attached hydrogen (secondary N) is 1. The lowest BCUT2D eigenvalue weighted by molar-refractivity contribution is -0.0136. The summed E-state index contributed by atoms with van der Waals surface area (Å²) in [6, 6.07) is -0.129. The van der Waals surface area contributed by atoms with E-state index in [1.165, 1.54) is 6.20 Å². The number of hydrogen-bond acceptors (Lipinski definition) is 5. The summed E-state index contributed by atoms with van der Waals surface area (Å²) >= 11 is 5.80. The number of nitrogens with zero attached hydrogens (tertiary/aromatic N) is 2. The second-order valence-electron chi connectivity index (χ2n) is 3.72. The van der Waals surface area contributed by atoms with Crippen molar-refractivity contribution in [3.63, 3.8) is 0 Å². The molecule has 0 radical (unpaired) electrons. The van der Waals surface area contributed by atoms with Gasteiger partial charge < -0.3 is 15.2 Å². The zero-order valence-corrected chi connectivity index (χ0v) is 9.81. The Morgan fingerprint density at radius 2 is 2.47 bits per heavy atom. The third-order valence-corrected chi connectivity index (χ3v) is 2.80. The summed E-state index contributed by atoms with van der Waals surface area (Å²) in [5.41, 5.74) is 0.339. The second kappa shape index (κ2) is 5.32. The first-order valence-corrected chi connectivity index (χ1v) is 5.60. The molecule has 1 aromatic heterocycles. The quantitative estimate of drug-likeness (QED) is 0.759. The minimum absolute atomic E-state index is 0.129. The molecule has 1 aliphatic rings. The summed E-state index contributed by atoms with van der Waals surface area (Å²) in [5, 5.41) is 13.1. The van der Waals surface area contributed by atoms with Crippen LogP contribution in [0.2, 0.25) is 5.02 Å². The van der Waals surface area contributed by atoms with E-state index in [1.54, 1.807) is 0 Å². The number of aromatic nitrogens is 2. The summed E-state index contributed by atoms with van der Waals surface area (Å²) in [7, 11) is 0. The Kier molecular flexibility index (Phi) is 3.79. The van der Waals surface area contributed by atoms with E-state index in [-0.39, 0.29) is 6.04 Å². The van der Waals surface area contributed by atoms with Crippen LogP contribution in [0.25, 0.3) is 0 Å². The fourth-order valence-electron chi connectivity index (χ4n) is 1.59. The smallest absolute Gasteiger partial charge is 0.224 e. The molecule has 2 atom stereocenters. The molecule has 0 amide bonds. The third kappa shape index (κ3) is 2.86. The van der Waals surface area contributed by atoms with Gasteiger partial charge >= 0.3 is 0 Å². The van der Waals surface area contributed by atoms with E-state index in [0.29, 0.717) is 36.3 Å². The highest BCUT2D eigenvalue weighted by atomic mass is 35.5. The van der Waals surface area contributed by atoms with Gasteiger partial charge in [0.15, 0.2) is 0 Å². The first-order chi connectivity index (χ1) is 8.20. The lowest BCUT2D eigenvalue weighted by atomic mass is 10.1. The summed E-state index contributed by atoms with van der Waals surface area (Å²) in [4.78, 5) is 8.09. The molecule has 1 aromatic rings. The minimum Gasteiger partial charge on any atom is -0.389 e. The highest BCUT2D eigenvalue weighted by Crippen LogP contribution is 2.16. The van der Waals surface area contributed by atoms with Gasteiger partial charge in [-0.1, -0.05) is 11.6 Å². The summed E-state index contributed by atoms with van der Waals surface area (Å²) < 4.78 is 5.13. The number of hydrogen-bond donors (Lipinski definition) is 2. The van der Waals surface area contributed by atoms with Gasteiger partial charge in [0.25, 0.3) is 0 Å². The zero-order chi connectivity index (χ0) is 12.3. The van der Waals surface area contributed by atoms with Crippen LogP contribution in [0.3, 0.4) is 0 Å². The molecular weight excluding hydrogens is 242 g/mol. The largest absolute Gasteiger partial charge is 0.389 e. The number of halogens is 1. The molecule has 0 bridgehead atoms. The van der Waals surface area contributed by atoms with Crippen LogP contribution in [-0.4, -0.2) is 40.4 Å². The highest BCUT2D eigenvalue weighted by molar-refractivity contribution is 6.31. The van der Waals surface area contributed by atoms with E-state index in [4.69, 9.17) is 22.8 Å². The fraction of sp³-hybridized carbons (Fsp3) is 0.455. The summed E-state index contributed by atoms with van der Waals surface area (Å²) in [5.74, 6) is 2.74. The average Bonchev–Trinajstić information content (AvgIpc) is 2.34. The van der Waals surface area contributed by atoms with Crippen molar-refractivity contribution >= 4 is 17.5 Å². The Bertz CT molecular complexity index is 447. The van der Waals surface area contributed by atoms with E-state index in [9.17, 15) is 5.11 Å². The maximum absolute atomic E-state index is 9.70. The molecule has 2 N–H and O–H groups in total. The van der Waals surface area contributed by atoms with E-state index in [0.717, 1.165) is 0 Å². The highest BCUT2D eigenvalue weighted by Gasteiger charge is 2.24. The lowest BCUT2D eigenvalue weighted by Gasteiger charge is -2.28. The van der Waals surface area contributed by atoms with Crippen LogP contribution in [-0.2, 0) is 4.74 Å². The van der Waals surface area contributed by atoms with E-state index in [2.05, 4.69) is 21.2 Å². The molecule has 0 spiro atoms. The van der Waals surface area contributed by atoms with Crippen molar-refractivity contribution < 1.29 is 9.84 Å². The van der Waals surface area contributed by atoms with Gasteiger partial charge in [-0.3, -0.25) is 0 Å². The molecule has 1 aliphatic heterocycles. The van der Waals surface area contributed by atoms with Gasteiger partial charge in [-0.05, 0) is 12.3 Å². The maximum atomic E-state index is 9.70. The topological polar surface area (TPSA) is 67.3 Å². The van der Waals surface area contributed by atoms with Crippen LogP contribution >= 0.6 is 11.6 Å². The Balaban J connectivity index is 2.10. The molecule has 1 saturated heterocycles. The van der Waals surface area contributed by atoms with Crippen LogP contribution in [0.5, 0.6) is 0 Å². The van der Waals surface area contributed by atoms with Crippen LogP contribution in [0.1, 0.15) is 12.1 Å². The lowest BCUT2D eigenvalue weighted by Crippen LogP contribution is -2.42. The molecule has 17 heavy (non-hydrogen) atoms. The Labute approximate surface area is 104 Å². The molecular formula is C11H12ClN3O2. The van der Waals surface area contributed by atoms with Crippen molar-refractivity contribution in [3.05, 3.63) is 16.9 Å². The standard InChI is InChI=1S/C11H12ClN3O2/c1-2-8-7(12)5-13-11(14-8)15-9-3-4-17-6-10(9)16/h1,5,9-10,16H,3-4,6H2,(H,13,14,15)/t9-,10-/m1/s1. The number of rotatable bonds is 2. The van der Waals surface area contributed by atoms with E-state index in [1.807, 2.05) is 0 Å². The predicted molar refractivity (Wildman–Crippen MR) is 63.8 cm³/mol. The minimum atomic E-state index is -0.572. The second-order valence-corrected chi connectivity index (χ2v) is 4.12. The van der Waals surface area contributed by atoms with Crippen molar-refractivity contribution in [1.29, 1.82) is 0 Å². The first-order valence-electron chi connectivity index (χ1n) is 5.22. The predicted octanol–water partition coefficient (Wildman–Crippen LogP) is 0.673. The molecule has 2 rings (SSSR count). The maximum Gasteiger partial charge on any atom is 0.224 e. The first kappa shape index (κ1) is 12.1.